The smallest absolute Gasteiger partial charge is 0.414 e. The summed E-state index contributed by atoms with van der Waals surface area (Å²) in [6.45, 7) is 3.56. The molecule has 0 rings (SSSR count). The Labute approximate surface area is 63.9 Å². The minimum atomic E-state index is -0.501. The van der Waals surface area contributed by atoms with Crippen LogP contribution in [0.3, 0.4) is 0 Å². The predicted octanol–water partition coefficient (Wildman–Crippen LogP) is -0.681. The SMILES string of the molecule is C=CC(=O)OCCO.O=[C]O. The Morgan fingerprint density at radius 1 is 1.73 bits per heavy atom. The number of carbonyl (C=O) groups is 1. The predicted molar refractivity (Wildman–Crippen MR) is 36.6 cm³/mol. The first-order valence-corrected chi connectivity index (χ1v) is 2.64. The molecule has 1 radical (unpaired) electrons. The molecule has 0 amide bonds. The fourth-order valence-corrected chi connectivity index (χ4v) is 0.205. The van der Waals surface area contributed by atoms with Gasteiger partial charge in [0.2, 0.25) is 0 Å². The van der Waals surface area contributed by atoms with Gasteiger partial charge in [-0.25, -0.2) is 9.59 Å². The van der Waals surface area contributed by atoms with E-state index in [1.54, 1.807) is 0 Å². The van der Waals surface area contributed by atoms with Crippen molar-refractivity contribution in [2.45, 2.75) is 0 Å². The lowest BCUT2D eigenvalue weighted by atomic mass is 10.6. The van der Waals surface area contributed by atoms with Crippen LogP contribution in [0.25, 0.3) is 0 Å². The van der Waals surface area contributed by atoms with Gasteiger partial charge in [0.15, 0.2) is 0 Å². The van der Waals surface area contributed by atoms with E-state index in [0.717, 1.165) is 6.08 Å². The highest BCUT2D eigenvalue weighted by atomic mass is 16.5. The molecular weight excluding hydrogens is 152 g/mol. The van der Waals surface area contributed by atoms with E-state index in [9.17, 15) is 4.79 Å². The minimum absolute atomic E-state index is 0.0465. The Bertz CT molecular complexity index is 120. The van der Waals surface area contributed by atoms with Gasteiger partial charge in [0, 0.05) is 6.08 Å². The van der Waals surface area contributed by atoms with Gasteiger partial charge >= 0.3 is 12.4 Å². The topological polar surface area (TPSA) is 83.8 Å². The second-order valence-electron chi connectivity index (χ2n) is 1.19. The molecule has 0 aliphatic rings. The highest BCUT2D eigenvalue weighted by Crippen LogP contribution is 1.75. The van der Waals surface area contributed by atoms with Gasteiger partial charge < -0.3 is 14.9 Å². The molecule has 0 saturated carbocycles. The van der Waals surface area contributed by atoms with Crippen LogP contribution in [0.15, 0.2) is 12.7 Å². The molecule has 0 spiro atoms. The standard InChI is InChI=1S/C5H8O3.CHO2/c1-2-5(7)8-4-3-6;2-1-3/h2,6H,1,3-4H2;(H,2,3). The van der Waals surface area contributed by atoms with Gasteiger partial charge in [-0.05, 0) is 0 Å². The van der Waals surface area contributed by atoms with Crippen LogP contribution >= 0.6 is 0 Å². The summed E-state index contributed by atoms with van der Waals surface area (Å²) in [5.74, 6) is -0.501. The van der Waals surface area contributed by atoms with Crippen LogP contribution in [-0.2, 0) is 14.3 Å². The Hall–Kier alpha value is -1.36. The zero-order valence-corrected chi connectivity index (χ0v) is 5.82. The van der Waals surface area contributed by atoms with Crippen molar-refractivity contribution in [1.82, 2.24) is 0 Å². The van der Waals surface area contributed by atoms with E-state index in [0.29, 0.717) is 6.47 Å². The summed E-state index contributed by atoms with van der Waals surface area (Å²) in [5, 5.41) is 14.9. The lowest BCUT2D eigenvalue weighted by Gasteiger charge is -1.94. The van der Waals surface area contributed by atoms with Crippen LogP contribution in [0.5, 0.6) is 0 Å². The second kappa shape index (κ2) is 11.4. The summed E-state index contributed by atoms with van der Waals surface area (Å²) in [4.78, 5) is 18.4. The molecule has 0 saturated heterocycles. The summed E-state index contributed by atoms with van der Waals surface area (Å²) < 4.78 is 4.33. The molecule has 0 fully saturated rings. The molecule has 63 valence electrons. The van der Waals surface area contributed by atoms with E-state index in [-0.39, 0.29) is 13.2 Å². The number of hydrogen-bond donors (Lipinski definition) is 2. The molecule has 0 bridgehead atoms. The molecule has 0 unspecified atom stereocenters. The van der Waals surface area contributed by atoms with Crippen molar-refractivity contribution in [3.8, 4) is 0 Å². The molecule has 0 aromatic carbocycles. The maximum Gasteiger partial charge on any atom is 0.414 e. The number of carbonyl (C=O) groups excluding carboxylic acids is 1. The Kier molecular flexibility index (Phi) is 12.8. The van der Waals surface area contributed by atoms with Gasteiger partial charge in [0.25, 0.3) is 0 Å². The van der Waals surface area contributed by atoms with Crippen molar-refractivity contribution in [1.29, 1.82) is 0 Å². The number of aliphatic hydroxyl groups is 1. The second-order valence-corrected chi connectivity index (χ2v) is 1.19. The molecule has 5 heteroatoms. The molecule has 0 aromatic heterocycles. The van der Waals surface area contributed by atoms with Crippen molar-refractivity contribution < 1.29 is 24.5 Å². The zero-order valence-electron chi connectivity index (χ0n) is 5.82. The van der Waals surface area contributed by atoms with Crippen LogP contribution in [-0.4, -0.2) is 35.9 Å². The molecule has 0 atom stereocenters. The Balaban J connectivity index is 0. The number of rotatable bonds is 3. The maximum atomic E-state index is 10.1. The third kappa shape index (κ3) is 17.7. The van der Waals surface area contributed by atoms with Crippen LogP contribution in [0.2, 0.25) is 0 Å². The average molecular weight is 161 g/mol. The Morgan fingerprint density at radius 2 is 2.18 bits per heavy atom. The molecule has 0 heterocycles. The van der Waals surface area contributed by atoms with E-state index in [4.69, 9.17) is 15.0 Å². The quantitative estimate of drug-likeness (QED) is 0.423. The lowest BCUT2D eigenvalue weighted by Crippen LogP contribution is -2.04. The van der Waals surface area contributed by atoms with Crippen molar-refractivity contribution in [2.24, 2.45) is 0 Å². The molecule has 11 heavy (non-hydrogen) atoms. The fourth-order valence-electron chi connectivity index (χ4n) is 0.205. The highest BCUT2D eigenvalue weighted by molar-refractivity contribution is 5.81. The van der Waals surface area contributed by atoms with Crippen LogP contribution in [0.4, 0.5) is 0 Å². The van der Waals surface area contributed by atoms with E-state index < -0.39 is 5.97 Å². The summed E-state index contributed by atoms with van der Waals surface area (Å²) >= 11 is 0. The van der Waals surface area contributed by atoms with Crippen molar-refractivity contribution in [3.05, 3.63) is 12.7 Å². The van der Waals surface area contributed by atoms with Gasteiger partial charge in [-0.3, -0.25) is 0 Å². The normalized spacial score (nSPS) is 7.00. The lowest BCUT2D eigenvalue weighted by molar-refractivity contribution is -0.138. The first-order chi connectivity index (χ1) is 5.22. The van der Waals surface area contributed by atoms with E-state index in [2.05, 4.69) is 11.3 Å². The van der Waals surface area contributed by atoms with Gasteiger partial charge in [-0.15, -0.1) is 0 Å². The molecule has 2 N–H and O–H groups in total. The number of ether oxygens (including phenoxy) is 1. The molecule has 0 aliphatic carbocycles. The van der Waals surface area contributed by atoms with Gasteiger partial charge in [-0.1, -0.05) is 6.58 Å². The van der Waals surface area contributed by atoms with Crippen molar-refractivity contribution >= 4 is 12.4 Å². The maximum absolute atomic E-state index is 10.1. The minimum Gasteiger partial charge on any atom is -0.473 e. The van der Waals surface area contributed by atoms with Crippen LogP contribution < -0.4 is 0 Å². The van der Waals surface area contributed by atoms with Crippen molar-refractivity contribution in [2.75, 3.05) is 13.2 Å². The van der Waals surface area contributed by atoms with Gasteiger partial charge in [0.1, 0.15) is 6.61 Å². The van der Waals surface area contributed by atoms with Crippen molar-refractivity contribution in [3.63, 3.8) is 0 Å². The average Bonchev–Trinajstić information content (AvgIpc) is 2.02. The molecule has 0 aliphatic heterocycles. The first kappa shape index (κ1) is 12.3. The third-order valence-electron chi connectivity index (χ3n) is 0.502. The van der Waals surface area contributed by atoms with E-state index in [1.165, 1.54) is 0 Å². The number of esters is 1. The zero-order chi connectivity index (χ0) is 9.11. The van der Waals surface area contributed by atoms with E-state index >= 15 is 0 Å². The van der Waals surface area contributed by atoms with Crippen LogP contribution in [0.1, 0.15) is 0 Å². The van der Waals surface area contributed by atoms with Gasteiger partial charge in [0.05, 0.1) is 6.61 Å². The number of hydrogen-bond acceptors (Lipinski definition) is 4. The summed E-state index contributed by atoms with van der Waals surface area (Å²) in [5.41, 5.74) is 0. The number of aliphatic hydroxyl groups excluding tert-OH is 2. The summed E-state index contributed by atoms with van der Waals surface area (Å²) in [6.07, 6.45) is 1.05. The monoisotopic (exact) mass is 161 g/mol. The molecule has 5 nitrogen and oxygen atoms in total. The third-order valence-corrected chi connectivity index (χ3v) is 0.502. The summed E-state index contributed by atoms with van der Waals surface area (Å²) in [7, 11) is 0. The van der Waals surface area contributed by atoms with Crippen LogP contribution in [0, 0.1) is 0 Å². The first-order valence-electron chi connectivity index (χ1n) is 2.64. The Morgan fingerprint density at radius 3 is 2.45 bits per heavy atom. The molecule has 0 aromatic rings. The van der Waals surface area contributed by atoms with Gasteiger partial charge in [-0.2, -0.15) is 0 Å². The fraction of sp³-hybridized carbons (Fsp3) is 0.333. The largest absolute Gasteiger partial charge is 0.473 e. The highest BCUT2D eigenvalue weighted by Gasteiger charge is 1.90. The van der Waals surface area contributed by atoms with E-state index in [1.807, 2.05) is 0 Å². The molecular formula is C6H9O5. The summed E-state index contributed by atoms with van der Waals surface area (Å²) in [6, 6.07) is 0.